The second kappa shape index (κ2) is 4.41. The van der Waals surface area contributed by atoms with E-state index in [1.165, 1.54) is 11.3 Å². The third kappa shape index (κ3) is 2.34. The average molecular weight is 210 g/mol. The predicted octanol–water partition coefficient (Wildman–Crippen LogP) is 2.32. The zero-order chi connectivity index (χ0) is 9.97. The van der Waals surface area contributed by atoms with Crippen LogP contribution in [-0.2, 0) is 6.42 Å². The first kappa shape index (κ1) is 10.1. The summed E-state index contributed by atoms with van der Waals surface area (Å²) in [5.74, 6) is 1.82. The monoisotopic (exact) mass is 210 g/mol. The van der Waals surface area contributed by atoms with E-state index in [-0.39, 0.29) is 0 Å². The highest BCUT2D eigenvalue weighted by Crippen LogP contribution is 2.41. The third-order valence-electron chi connectivity index (χ3n) is 3.06. The smallest absolute Gasteiger partial charge is 0.0794 e. The molecule has 1 aromatic rings. The van der Waals surface area contributed by atoms with Crippen LogP contribution in [0.1, 0.15) is 25.1 Å². The fourth-order valence-corrected chi connectivity index (χ4v) is 2.76. The molecule has 1 heterocycles. The summed E-state index contributed by atoms with van der Waals surface area (Å²) in [6.45, 7) is 5.61. The molecule has 0 spiro atoms. The molecule has 1 saturated carbocycles. The summed E-state index contributed by atoms with van der Waals surface area (Å²) in [6, 6.07) is 0.676. The quantitative estimate of drug-likeness (QED) is 0.807. The number of thiazole rings is 1. The zero-order valence-electron chi connectivity index (χ0n) is 8.86. The highest BCUT2D eigenvalue weighted by atomic mass is 32.1. The van der Waals surface area contributed by atoms with Gasteiger partial charge in [0, 0.05) is 17.1 Å². The Bertz CT molecular complexity index is 271. The van der Waals surface area contributed by atoms with E-state index in [9.17, 15) is 0 Å². The van der Waals surface area contributed by atoms with Crippen molar-refractivity contribution in [1.82, 2.24) is 10.3 Å². The minimum absolute atomic E-state index is 0.676. The second-order valence-electron chi connectivity index (χ2n) is 4.21. The summed E-state index contributed by atoms with van der Waals surface area (Å²) in [6.07, 6.45) is 4.56. The molecule has 78 valence electrons. The van der Waals surface area contributed by atoms with Crippen LogP contribution in [0.15, 0.2) is 11.7 Å². The Kier molecular flexibility index (Phi) is 3.19. The van der Waals surface area contributed by atoms with Gasteiger partial charge in [0.25, 0.3) is 0 Å². The van der Waals surface area contributed by atoms with Gasteiger partial charge in [0.05, 0.1) is 5.51 Å². The Labute approximate surface area is 89.8 Å². The molecule has 1 fully saturated rings. The van der Waals surface area contributed by atoms with E-state index in [1.807, 2.05) is 11.7 Å². The van der Waals surface area contributed by atoms with Crippen LogP contribution in [0.25, 0.3) is 0 Å². The first-order valence-corrected chi connectivity index (χ1v) is 6.30. The lowest BCUT2D eigenvalue weighted by molar-refractivity contribution is 0.457. The molecule has 3 unspecified atom stereocenters. The van der Waals surface area contributed by atoms with Gasteiger partial charge >= 0.3 is 0 Å². The number of likely N-dealkylation sites (N-methyl/N-ethyl adjacent to an activating group) is 1. The lowest BCUT2D eigenvalue weighted by atomic mass is 10.1. The molecule has 3 heteroatoms. The number of nitrogens with zero attached hydrogens (tertiary/aromatic N) is 1. The van der Waals surface area contributed by atoms with Gasteiger partial charge in [-0.2, -0.15) is 0 Å². The molecule has 0 bridgehead atoms. The van der Waals surface area contributed by atoms with Crippen molar-refractivity contribution in [2.45, 2.75) is 32.7 Å². The summed E-state index contributed by atoms with van der Waals surface area (Å²) in [4.78, 5) is 5.54. The van der Waals surface area contributed by atoms with Crippen molar-refractivity contribution in [2.75, 3.05) is 6.54 Å². The summed E-state index contributed by atoms with van der Waals surface area (Å²) in [5, 5.41) is 3.59. The molecule has 0 aliphatic heterocycles. The molecule has 0 amide bonds. The van der Waals surface area contributed by atoms with Gasteiger partial charge in [-0.25, -0.2) is 0 Å². The van der Waals surface area contributed by atoms with Crippen LogP contribution < -0.4 is 5.32 Å². The van der Waals surface area contributed by atoms with Crippen molar-refractivity contribution >= 4 is 11.3 Å². The van der Waals surface area contributed by atoms with Crippen LogP contribution in [0.5, 0.6) is 0 Å². The SMILES string of the molecule is CCNC(Cc1cncs1)C1CC1C. The van der Waals surface area contributed by atoms with Crippen LogP contribution in [0, 0.1) is 11.8 Å². The standard InChI is InChI=1S/C11H18N2S/c1-3-13-11(10-4-8(10)2)5-9-6-12-7-14-9/h6-8,10-11,13H,3-5H2,1-2H3. The maximum Gasteiger partial charge on any atom is 0.0794 e. The van der Waals surface area contributed by atoms with Gasteiger partial charge in [-0.3, -0.25) is 4.98 Å². The molecule has 0 saturated heterocycles. The molecule has 1 aliphatic rings. The van der Waals surface area contributed by atoms with Crippen LogP contribution in [-0.4, -0.2) is 17.6 Å². The lowest BCUT2D eigenvalue weighted by Gasteiger charge is -2.16. The van der Waals surface area contributed by atoms with E-state index in [4.69, 9.17) is 0 Å². The third-order valence-corrected chi connectivity index (χ3v) is 3.86. The zero-order valence-corrected chi connectivity index (χ0v) is 9.68. The maximum absolute atomic E-state index is 4.12. The average Bonchev–Trinajstić information content (AvgIpc) is 2.68. The van der Waals surface area contributed by atoms with Gasteiger partial charge in [0.15, 0.2) is 0 Å². The summed E-state index contributed by atoms with van der Waals surface area (Å²) < 4.78 is 0. The van der Waals surface area contributed by atoms with Crippen LogP contribution >= 0.6 is 11.3 Å². The lowest BCUT2D eigenvalue weighted by Crippen LogP contribution is -2.33. The number of hydrogen-bond acceptors (Lipinski definition) is 3. The van der Waals surface area contributed by atoms with Crippen molar-refractivity contribution in [3.8, 4) is 0 Å². The maximum atomic E-state index is 4.12. The molecule has 14 heavy (non-hydrogen) atoms. The molecule has 1 N–H and O–H groups in total. The number of aromatic nitrogens is 1. The van der Waals surface area contributed by atoms with E-state index < -0.39 is 0 Å². The van der Waals surface area contributed by atoms with Crippen molar-refractivity contribution in [3.05, 3.63) is 16.6 Å². The van der Waals surface area contributed by atoms with Gasteiger partial charge in [0.1, 0.15) is 0 Å². The molecule has 1 aliphatic carbocycles. The van der Waals surface area contributed by atoms with Gasteiger partial charge < -0.3 is 5.32 Å². The first-order valence-electron chi connectivity index (χ1n) is 5.42. The van der Waals surface area contributed by atoms with Gasteiger partial charge in [0.2, 0.25) is 0 Å². The molecular weight excluding hydrogens is 192 g/mol. The summed E-state index contributed by atoms with van der Waals surface area (Å²) in [7, 11) is 0. The predicted molar refractivity (Wildman–Crippen MR) is 60.6 cm³/mol. The van der Waals surface area contributed by atoms with Gasteiger partial charge in [-0.15, -0.1) is 11.3 Å². The fourth-order valence-electron chi connectivity index (χ4n) is 2.11. The second-order valence-corrected chi connectivity index (χ2v) is 5.18. The van der Waals surface area contributed by atoms with Gasteiger partial charge in [-0.05, 0) is 31.2 Å². The van der Waals surface area contributed by atoms with Crippen molar-refractivity contribution in [1.29, 1.82) is 0 Å². The van der Waals surface area contributed by atoms with E-state index in [1.54, 1.807) is 11.3 Å². The minimum atomic E-state index is 0.676. The first-order chi connectivity index (χ1) is 6.81. The highest BCUT2D eigenvalue weighted by Gasteiger charge is 2.38. The van der Waals surface area contributed by atoms with Crippen molar-refractivity contribution < 1.29 is 0 Å². The molecule has 2 nitrogen and oxygen atoms in total. The molecule has 2 rings (SSSR count). The molecule has 0 radical (unpaired) electrons. The number of hydrogen-bond donors (Lipinski definition) is 1. The summed E-state index contributed by atoms with van der Waals surface area (Å²) >= 11 is 1.77. The van der Waals surface area contributed by atoms with Crippen LogP contribution in [0.2, 0.25) is 0 Å². The largest absolute Gasteiger partial charge is 0.314 e. The van der Waals surface area contributed by atoms with E-state index in [2.05, 4.69) is 24.1 Å². The number of rotatable bonds is 5. The Balaban J connectivity index is 1.91. The van der Waals surface area contributed by atoms with Crippen molar-refractivity contribution in [2.24, 2.45) is 11.8 Å². The number of nitrogens with one attached hydrogen (secondary N) is 1. The van der Waals surface area contributed by atoms with E-state index in [0.717, 1.165) is 24.8 Å². The minimum Gasteiger partial charge on any atom is -0.314 e. The Morgan fingerprint density at radius 1 is 1.71 bits per heavy atom. The van der Waals surface area contributed by atoms with Crippen LogP contribution in [0.4, 0.5) is 0 Å². The highest BCUT2D eigenvalue weighted by molar-refractivity contribution is 7.09. The molecular formula is C11H18N2S. The Hall–Kier alpha value is -0.410. The van der Waals surface area contributed by atoms with Crippen LogP contribution in [0.3, 0.4) is 0 Å². The molecule has 0 aromatic carbocycles. The molecule has 3 atom stereocenters. The normalized spacial score (nSPS) is 27.6. The summed E-state index contributed by atoms with van der Waals surface area (Å²) in [5.41, 5.74) is 1.93. The Morgan fingerprint density at radius 3 is 3.00 bits per heavy atom. The molecule has 1 aromatic heterocycles. The topological polar surface area (TPSA) is 24.9 Å². The van der Waals surface area contributed by atoms with E-state index in [0.29, 0.717) is 6.04 Å². The Morgan fingerprint density at radius 2 is 2.50 bits per heavy atom. The van der Waals surface area contributed by atoms with Gasteiger partial charge in [-0.1, -0.05) is 13.8 Å². The fraction of sp³-hybridized carbons (Fsp3) is 0.727. The van der Waals surface area contributed by atoms with Crippen molar-refractivity contribution in [3.63, 3.8) is 0 Å². The van der Waals surface area contributed by atoms with E-state index >= 15 is 0 Å².